The van der Waals surface area contributed by atoms with E-state index in [4.69, 9.17) is 17.3 Å². The van der Waals surface area contributed by atoms with Crippen molar-refractivity contribution in [1.29, 1.82) is 0 Å². The topological polar surface area (TPSA) is 118 Å². The van der Waals surface area contributed by atoms with Crippen molar-refractivity contribution in [3.63, 3.8) is 0 Å². The van der Waals surface area contributed by atoms with E-state index < -0.39 is 40.1 Å². The molecule has 8 nitrogen and oxygen atoms in total. The summed E-state index contributed by atoms with van der Waals surface area (Å²) in [5.41, 5.74) is 5.27. The van der Waals surface area contributed by atoms with Gasteiger partial charge in [-0.2, -0.15) is 0 Å². The third kappa shape index (κ3) is 4.08. The Labute approximate surface area is 170 Å². The van der Waals surface area contributed by atoms with Crippen LogP contribution in [0.1, 0.15) is 16.8 Å². The Balaban J connectivity index is 1.90. The second kappa shape index (κ2) is 7.80. The number of nitrogens with zero attached hydrogens (tertiary/aromatic N) is 2. The SMILES string of the molecule is NC(=O)CCN(C(=O)CN1C(=O)c2ccc(Cl)cc2S1(=O)=O)c1ccc(F)cc1. The number of carbonyl (C=O) groups excluding carboxylic acids is 3. The average Bonchev–Trinajstić information content (AvgIpc) is 2.83. The average molecular weight is 440 g/mol. The molecule has 0 saturated carbocycles. The zero-order chi connectivity index (χ0) is 21.3. The van der Waals surface area contributed by atoms with Gasteiger partial charge in [0, 0.05) is 23.7 Å². The first-order valence-corrected chi connectivity index (χ1v) is 10.1. The van der Waals surface area contributed by atoms with E-state index in [0.29, 0.717) is 4.31 Å². The molecule has 0 atom stereocenters. The summed E-state index contributed by atoms with van der Waals surface area (Å²) in [5, 5.41) is 0.127. The molecule has 0 saturated heterocycles. The third-order valence-corrected chi connectivity index (χ3v) is 6.27. The molecular formula is C18H15ClFN3O5S. The fraction of sp³-hybridized carbons (Fsp3) is 0.167. The summed E-state index contributed by atoms with van der Waals surface area (Å²) >= 11 is 5.82. The number of primary amides is 1. The van der Waals surface area contributed by atoms with Crippen LogP contribution in [-0.2, 0) is 19.6 Å². The Morgan fingerprint density at radius 2 is 1.79 bits per heavy atom. The fourth-order valence-electron chi connectivity index (χ4n) is 2.85. The minimum atomic E-state index is -4.27. The molecule has 2 aromatic carbocycles. The van der Waals surface area contributed by atoms with Crippen LogP contribution >= 0.6 is 11.6 Å². The molecular weight excluding hydrogens is 425 g/mol. The predicted molar refractivity (Wildman–Crippen MR) is 102 cm³/mol. The maximum absolute atomic E-state index is 13.2. The summed E-state index contributed by atoms with van der Waals surface area (Å²) in [6.07, 6.45) is -0.209. The van der Waals surface area contributed by atoms with Gasteiger partial charge >= 0.3 is 0 Å². The molecule has 0 aromatic heterocycles. The standard InChI is InChI=1S/C18H15ClFN3O5S/c19-11-1-6-14-15(9-11)29(27,28)23(18(14)26)10-17(25)22(8-7-16(21)24)13-4-2-12(20)3-5-13/h1-6,9H,7-8,10H2,(H2,21,24). The molecule has 0 spiro atoms. The number of sulfonamides is 1. The van der Waals surface area contributed by atoms with Crippen LogP contribution in [0.5, 0.6) is 0 Å². The quantitative estimate of drug-likeness (QED) is 0.732. The van der Waals surface area contributed by atoms with E-state index in [-0.39, 0.29) is 34.1 Å². The lowest BCUT2D eigenvalue weighted by molar-refractivity contribution is -0.119. The molecule has 1 heterocycles. The van der Waals surface area contributed by atoms with E-state index in [1.54, 1.807) is 0 Å². The predicted octanol–water partition coefficient (Wildman–Crippen LogP) is 1.53. The maximum Gasteiger partial charge on any atom is 0.269 e. The normalized spacial score (nSPS) is 14.6. The second-order valence-corrected chi connectivity index (χ2v) is 8.46. The highest BCUT2D eigenvalue weighted by atomic mass is 35.5. The first-order valence-electron chi connectivity index (χ1n) is 8.32. The molecule has 1 aliphatic heterocycles. The van der Waals surface area contributed by atoms with Gasteiger partial charge < -0.3 is 10.6 Å². The number of amides is 3. The lowest BCUT2D eigenvalue weighted by Gasteiger charge is -2.25. The molecule has 11 heteroatoms. The largest absolute Gasteiger partial charge is 0.370 e. The molecule has 0 aliphatic carbocycles. The van der Waals surface area contributed by atoms with Gasteiger partial charge in [0.25, 0.3) is 15.9 Å². The zero-order valence-electron chi connectivity index (χ0n) is 14.8. The van der Waals surface area contributed by atoms with Crippen molar-refractivity contribution >= 4 is 45.0 Å². The summed E-state index contributed by atoms with van der Waals surface area (Å²) in [5.74, 6) is -2.87. The molecule has 0 bridgehead atoms. The minimum Gasteiger partial charge on any atom is -0.370 e. The molecule has 3 rings (SSSR count). The molecule has 2 N–H and O–H groups in total. The number of halogens is 2. The van der Waals surface area contributed by atoms with Crippen molar-refractivity contribution in [2.45, 2.75) is 11.3 Å². The number of nitrogens with two attached hydrogens (primary N) is 1. The summed E-state index contributed by atoms with van der Waals surface area (Å²) in [7, 11) is -4.27. The molecule has 29 heavy (non-hydrogen) atoms. The minimum absolute atomic E-state index is 0.0901. The van der Waals surface area contributed by atoms with E-state index in [9.17, 15) is 27.2 Å². The van der Waals surface area contributed by atoms with Gasteiger partial charge in [0.1, 0.15) is 17.3 Å². The van der Waals surface area contributed by atoms with Crippen molar-refractivity contribution < 1.29 is 27.2 Å². The lowest BCUT2D eigenvalue weighted by Crippen LogP contribution is -2.43. The van der Waals surface area contributed by atoms with Crippen LogP contribution in [0, 0.1) is 5.82 Å². The van der Waals surface area contributed by atoms with Crippen LogP contribution in [0.3, 0.4) is 0 Å². The van der Waals surface area contributed by atoms with Crippen molar-refractivity contribution in [1.82, 2.24) is 4.31 Å². The lowest BCUT2D eigenvalue weighted by atomic mass is 10.2. The van der Waals surface area contributed by atoms with Crippen LogP contribution in [0.25, 0.3) is 0 Å². The van der Waals surface area contributed by atoms with Crippen LogP contribution in [0.4, 0.5) is 10.1 Å². The number of rotatable bonds is 6. The van der Waals surface area contributed by atoms with E-state index in [0.717, 1.165) is 23.1 Å². The Morgan fingerprint density at radius 3 is 2.41 bits per heavy atom. The Bertz CT molecular complexity index is 1100. The number of hydrogen-bond donors (Lipinski definition) is 1. The molecule has 0 radical (unpaired) electrons. The first-order chi connectivity index (χ1) is 13.6. The molecule has 2 aromatic rings. The highest BCUT2D eigenvalue weighted by Crippen LogP contribution is 2.32. The van der Waals surface area contributed by atoms with Crippen molar-refractivity contribution in [3.8, 4) is 0 Å². The second-order valence-electron chi connectivity index (χ2n) is 6.20. The van der Waals surface area contributed by atoms with Gasteiger partial charge in [-0.1, -0.05) is 11.6 Å². The Kier molecular flexibility index (Phi) is 5.58. The van der Waals surface area contributed by atoms with E-state index >= 15 is 0 Å². The third-order valence-electron chi connectivity index (χ3n) is 4.27. The van der Waals surface area contributed by atoms with Gasteiger partial charge in [-0.15, -0.1) is 0 Å². The van der Waals surface area contributed by atoms with Crippen molar-refractivity contribution in [3.05, 3.63) is 58.9 Å². The number of hydrogen-bond acceptors (Lipinski definition) is 5. The Hall–Kier alpha value is -2.98. The van der Waals surface area contributed by atoms with E-state index in [1.165, 1.54) is 24.3 Å². The number of anilines is 1. The summed E-state index contributed by atoms with van der Waals surface area (Å²) in [4.78, 5) is 37.3. The highest BCUT2D eigenvalue weighted by molar-refractivity contribution is 7.90. The first kappa shape index (κ1) is 20.7. The summed E-state index contributed by atoms with van der Waals surface area (Å²) < 4.78 is 39.1. The molecule has 0 fully saturated rings. The van der Waals surface area contributed by atoms with E-state index in [1.807, 2.05) is 0 Å². The summed E-state index contributed by atoms with van der Waals surface area (Å²) in [6.45, 7) is -0.968. The van der Waals surface area contributed by atoms with E-state index in [2.05, 4.69) is 0 Å². The monoisotopic (exact) mass is 439 g/mol. The number of fused-ring (bicyclic) bond motifs is 1. The van der Waals surface area contributed by atoms with Crippen LogP contribution in [0.2, 0.25) is 5.02 Å². The van der Waals surface area contributed by atoms with Gasteiger partial charge in [0.15, 0.2) is 0 Å². The van der Waals surface area contributed by atoms with Gasteiger partial charge in [-0.05, 0) is 42.5 Å². The van der Waals surface area contributed by atoms with Gasteiger partial charge in [-0.25, -0.2) is 17.1 Å². The van der Waals surface area contributed by atoms with Crippen LogP contribution in [-0.4, -0.2) is 43.5 Å². The fourth-order valence-corrected chi connectivity index (χ4v) is 4.63. The summed E-state index contributed by atoms with van der Waals surface area (Å²) in [6, 6.07) is 8.58. The van der Waals surface area contributed by atoms with Crippen LogP contribution in [0.15, 0.2) is 47.4 Å². The number of carbonyl (C=O) groups is 3. The molecule has 1 aliphatic rings. The van der Waals surface area contributed by atoms with Gasteiger partial charge in [0.2, 0.25) is 11.8 Å². The zero-order valence-corrected chi connectivity index (χ0v) is 16.4. The van der Waals surface area contributed by atoms with Crippen LogP contribution < -0.4 is 10.6 Å². The highest BCUT2D eigenvalue weighted by Gasteiger charge is 2.42. The molecule has 152 valence electrons. The number of benzene rings is 2. The molecule has 0 unspecified atom stereocenters. The van der Waals surface area contributed by atoms with Crippen molar-refractivity contribution in [2.75, 3.05) is 18.0 Å². The van der Waals surface area contributed by atoms with Crippen molar-refractivity contribution in [2.24, 2.45) is 5.73 Å². The Morgan fingerprint density at radius 1 is 1.14 bits per heavy atom. The van der Waals surface area contributed by atoms with Gasteiger partial charge in [-0.3, -0.25) is 14.4 Å². The van der Waals surface area contributed by atoms with Gasteiger partial charge in [0.05, 0.1) is 5.56 Å². The maximum atomic E-state index is 13.2. The molecule has 3 amide bonds. The smallest absolute Gasteiger partial charge is 0.269 e.